The largest absolute Gasteiger partial charge is 0.497 e. The fraction of sp³-hybridized carbons (Fsp3) is 0.389. The predicted octanol–water partition coefficient (Wildman–Crippen LogP) is 3.54. The van der Waals surface area contributed by atoms with Gasteiger partial charge in [0, 0.05) is 19.5 Å². The summed E-state index contributed by atoms with van der Waals surface area (Å²) >= 11 is 0. The predicted molar refractivity (Wildman–Crippen MR) is 109 cm³/mol. The first-order valence-electron chi connectivity index (χ1n) is 8.05. The molecule has 0 bridgehead atoms. The van der Waals surface area contributed by atoms with Crippen molar-refractivity contribution in [1.29, 1.82) is 0 Å². The molecule has 0 unspecified atom stereocenters. The molecule has 1 heterocycles. The van der Waals surface area contributed by atoms with Gasteiger partial charge in [-0.3, -0.25) is 4.39 Å². The van der Waals surface area contributed by atoms with Crippen molar-refractivity contribution in [2.75, 3.05) is 26.9 Å². The molecule has 2 rings (SSSR count). The number of hydrogen-bond donors (Lipinski definition) is 2. The summed E-state index contributed by atoms with van der Waals surface area (Å²) < 4.78 is 22.7. The average Bonchev–Trinajstić information content (AvgIpc) is 3.13. The number of nitrogens with zero attached hydrogens (tertiary/aromatic N) is 1. The summed E-state index contributed by atoms with van der Waals surface area (Å²) in [5.74, 6) is 2.41. The van der Waals surface area contributed by atoms with Crippen molar-refractivity contribution < 1.29 is 13.5 Å². The second kappa shape index (κ2) is 12.6. The summed E-state index contributed by atoms with van der Waals surface area (Å²) in [4.78, 5) is 4.54. The molecule has 0 saturated carbocycles. The van der Waals surface area contributed by atoms with Crippen LogP contribution in [0.3, 0.4) is 0 Å². The van der Waals surface area contributed by atoms with Crippen LogP contribution in [0.25, 0.3) is 0 Å². The first-order chi connectivity index (χ1) is 11.8. The average molecular weight is 461 g/mol. The van der Waals surface area contributed by atoms with Crippen LogP contribution in [0.1, 0.15) is 17.7 Å². The second-order valence-corrected chi connectivity index (χ2v) is 5.24. The monoisotopic (exact) mass is 461 g/mol. The zero-order chi connectivity index (χ0) is 17.0. The smallest absolute Gasteiger partial charge is 0.191 e. The van der Waals surface area contributed by atoms with E-state index in [1.54, 1.807) is 13.4 Å². The third-order valence-electron chi connectivity index (χ3n) is 3.43. The van der Waals surface area contributed by atoms with Crippen LogP contribution in [0, 0.1) is 0 Å². The van der Waals surface area contributed by atoms with E-state index in [-0.39, 0.29) is 30.7 Å². The van der Waals surface area contributed by atoms with Gasteiger partial charge in [-0.2, -0.15) is 0 Å². The molecule has 25 heavy (non-hydrogen) atoms. The van der Waals surface area contributed by atoms with E-state index >= 15 is 0 Å². The third kappa shape index (κ3) is 8.24. The van der Waals surface area contributed by atoms with E-state index in [4.69, 9.17) is 9.15 Å². The molecule has 1 aromatic carbocycles. The molecule has 0 radical (unpaired) electrons. The van der Waals surface area contributed by atoms with Crippen LogP contribution in [-0.4, -0.2) is 32.8 Å². The molecule has 5 nitrogen and oxygen atoms in total. The Kier molecular flexibility index (Phi) is 10.7. The molecule has 0 saturated heterocycles. The standard InChI is InChI=1S/C18H24FN3O2.HI/c1-23-16-7-5-15(6-8-16)14-22-18(20-11-3-10-19)21-12-9-17-4-2-13-24-17;/h2,4-8,13H,3,9-12,14H2,1H3,(H2,20,21,22);1H. The summed E-state index contributed by atoms with van der Waals surface area (Å²) in [5, 5.41) is 6.38. The van der Waals surface area contributed by atoms with Crippen molar-refractivity contribution in [2.45, 2.75) is 19.4 Å². The lowest BCUT2D eigenvalue weighted by Crippen LogP contribution is -2.39. The molecule has 2 N–H and O–H groups in total. The lowest BCUT2D eigenvalue weighted by molar-refractivity contribution is 0.414. The van der Waals surface area contributed by atoms with Gasteiger partial charge in [-0.1, -0.05) is 12.1 Å². The van der Waals surface area contributed by atoms with E-state index < -0.39 is 0 Å². The highest BCUT2D eigenvalue weighted by Gasteiger charge is 2.01. The Morgan fingerprint density at radius 1 is 1.16 bits per heavy atom. The van der Waals surface area contributed by atoms with Gasteiger partial charge in [0.2, 0.25) is 0 Å². The number of ether oxygens (including phenoxy) is 1. The quantitative estimate of drug-likeness (QED) is 0.260. The van der Waals surface area contributed by atoms with Gasteiger partial charge in [-0.15, -0.1) is 24.0 Å². The number of guanidine groups is 1. The molecule has 0 spiro atoms. The van der Waals surface area contributed by atoms with E-state index in [0.29, 0.717) is 32.0 Å². The molecule has 0 aliphatic carbocycles. The molecular weight excluding hydrogens is 436 g/mol. The van der Waals surface area contributed by atoms with Crippen molar-refractivity contribution >= 4 is 29.9 Å². The zero-order valence-corrected chi connectivity index (χ0v) is 16.7. The SMILES string of the molecule is COc1ccc(CN=C(NCCCF)NCCc2ccco2)cc1.I. The molecule has 0 fully saturated rings. The lowest BCUT2D eigenvalue weighted by Gasteiger charge is -2.12. The lowest BCUT2D eigenvalue weighted by atomic mass is 10.2. The number of hydrogen-bond acceptors (Lipinski definition) is 3. The van der Waals surface area contributed by atoms with Crippen LogP contribution in [0.2, 0.25) is 0 Å². The third-order valence-corrected chi connectivity index (χ3v) is 3.43. The van der Waals surface area contributed by atoms with Crippen LogP contribution < -0.4 is 15.4 Å². The first-order valence-corrected chi connectivity index (χ1v) is 8.05. The Labute approximate surface area is 165 Å². The minimum atomic E-state index is -0.342. The maximum absolute atomic E-state index is 12.3. The molecule has 2 aromatic rings. The van der Waals surface area contributed by atoms with Crippen molar-refractivity contribution in [3.05, 3.63) is 54.0 Å². The number of furan rings is 1. The molecule has 0 amide bonds. The number of benzene rings is 1. The van der Waals surface area contributed by atoms with E-state index in [0.717, 1.165) is 23.5 Å². The normalized spacial score (nSPS) is 10.9. The first kappa shape index (κ1) is 21.3. The maximum atomic E-state index is 12.3. The van der Waals surface area contributed by atoms with Crippen molar-refractivity contribution in [3.63, 3.8) is 0 Å². The molecule has 1 aromatic heterocycles. The van der Waals surface area contributed by atoms with Crippen molar-refractivity contribution in [3.8, 4) is 5.75 Å². The van der Waals surface area contributed by atoms with Gasteiger partial charge in [0.25, 0.3) is 0 Å². The topological polar surface area (TPSA) is 58.8 Å². The van der Waals surface area contributed by atoms with Crippen LogP contribution in [0.4, 0.5) is 4.39 Å². The van der Waals surface area contributed by atoms with E-state index in [1.807, 2.05) is 36.4 Å². The van der Waals surface area contributed by atoms with Gasteiger partial charge >= 0.3 is 0 Å². The Bertz CT molecular complexity index is 603. The highest BCUT2D eigenvalue weighted by atomic mass is 127. The number of nitrogens with one attached hydrogen (secondary N) is 2. The van der Waals surface area contributed by atoms with Crippen molar-refractivity contribution in [2.24, 2.45) is 4.99 Å². The highest BCUT2D eigenvalue weighted by Crippen LogP contribution is 2.11. The minimum absolute atomic E-state index is 0. The Morgan fingerprint density at radius 2 is 1.92 bits per heavy atom. The molecular formula is C18H25FIN3O2. The van der Waals surface area contributed by atoms with Gasteiger partial charge in [0.05, 0.1) is 26.6 Å². The van der Waals surface area contributed by atoms with Gasteiger partial charge in [-0.05, 0) is 36.2 Å². The Hall–Kier alpha value is -1.77. The van der Waals surface area contributed by atoms with Gasteiger partial charge < -0.3 is 19.8 Å². The molecule has 7 heteroatoms. The van der Waals surface area contributed by atoms with E-state index in [2.05, 4.69) is 15.6 Å². The summed E-state index contributed by atoms with van der Waals surface area (Å²) in [6, 6.07) is 11.6. The summed E-state index contributed by atoms with van der Waals surface area (Å²) in [6.07, 6.45) is 2.88. The van der Waals surface area contributed by atoms with E-state index in [9.17, 15) is 4.39 Å². The van der Waals surface area contributed by atoms with Gasteiger partial charge in [0.1, 0.15) is 11.5 Å². The fourth-order valence-electron chi connectivity index (χ4n) is 2.11. The van der Waals surface area contributed by atoms with E-state index in [1.165, 1.54) is 0 Å². The van der Waals surface area contributed by atoms with Crippen LogP contribution in [0.15, 0.2) is 52.1 Å². The van der Waals surface area contributed by atoms with Crippen LogP contribution in [0.5, 0.6) is 5.75 Å². The number of aliphatic imine (C=N–C) groups is 1. The maximum Gasteiger partial charge on any atom is 0.191 e. The van der Waals surface area contributed by atoms with Gasteiger partial charge in [0.15, 0.2) is 5.96 Å². The van der Waals surface area contributed by atoms with Crippen molar-refractivity contribution in [1.82, 2.24) is 10.6 Å². The Morgan fingerprint density at radius 3 is 2.56 bits per heavy atom. The highest BCUT2D eigenvalue weighted by molar-refractivity contribution is 14.0. The van der Waals surface area contributed by atoms with Gasteiger partial charge in [-0.25, -0.2) is 4.99 Å². The summed E-state index contributed by atoms with van der Waals surface area (Å²) in [5.41, 5.74) is 1.08. The van der Waals surface area contributed by atoms with Crippen LogP contribution >= 0.6 is 24.0 Å². The number of rotatable bonds is 9. The number of alkyl halides is 1. The summed E-state index contributed by atoms with van der Waals surface area (Å²) in [6.45, 7) is 1.43. The Balaban J connectivity index is 0.00000312. The molecule has 0 aliphatic rings. The number of methoxy groups -OCH3 is 1. The zero-order valence-electron chi connectivity index (χ0n) is 14.3. The molecule has 138 valence electrons. The van der Waals surface area contributed by atoms with Crippen LogP contribution in [-0.2, 0) is 13.0 Å². The molecule has 0 atom stereocenters. The minimum Gasteiger partial charge on any atom is -0.497 e. The number of halogens is 2. The molecule has 0 aliphatic heterocycles. The second-order valence-electron chi connectivity index (χ2n) is 5.24. The summed E-state index contributed by atoms with van der Waals surface area (Å²) in [7, 11) is 1.64. The fourth-order valence-corrected chi connectivity index (χ4v) is 2.11.